The van der Waals surface area contributed by atoms with Gasteiger partial charge in [0.05, 0.1) is 13.0 Å². The number of hydrogen-bond donors (Lipinski definition) is 0. The van der Waals surface area contributed by atoms with Gasteiger partial charge in [-0.3, -0.25) is 14.9 Å². The zero-order valence-corrected chi connectivity index (χ0v) is 14.7. The van der Waals surface area contributed by atoms with Crippen LogP contribution in [0.5, 0.6) is 5.75 Å². The van der Waals surface area contributed by atoms with Crippen molar-refractivity contribution in [2.45, 2.75) is 11.2 Å². The summed E-state index contributed by atoms with van der Waals surface area (Å²) < 4.78 is 35.1. The van der Waals surface area contributed by atoms with E-state index < -0.39 is 38.7 Å². The highest BCUT2D eigenvalue weighted by atomic mass is 32.2. The van der Waals surface area contributed by atoms with Crippen molar-refractivity contribution in [3.8, 4) is 5.75 Å². The number of rotatable bonds is 8. The Morgan fingerprint density at radius 2 is 1.62 bits per heavy atom. The van der Waals surface area contributed by atoms with Crippen molar-refractivity contribution in [2.75, 3.05) is 13.7 Å². The third kappa shape index (κ3) is 4.79. The number of hydrogen-bond acceptors (Lipinski definition) is 7. The van der Waals surface area contributed by atoms with Gasteiger partial charge in [-0.15, -0.1) is 0 Å². The molecule has 0 aliphatic heterocycles. The molecule has 0 amide bonds. The van der Waals surface area contributed by atoms with Crippen LogP contribution in [-0.4, -0.2) is 38.2 Å². The van der Waals surface area contributed by atoms with E-state index in [0.29, 0.717) is 5.56 Å². The average Bonchev–Trinajstić information content (AvgIpc) is 2.61. The van der Waals surface area contributed by atoms with Crippen molar-refractivity contribution in [2.24, 2.45) is 0 Å². The van der Waals surface area contributed by atoms with Gasteiger partial charge in [0.15, 0.2) is 0 Å². The number of nitrogens with zero attached hydrogens (tertiary/aromatic N) is 1. The predicted molar refractivity (Wildman–Crippen MR) is 92.8 cm³/mol. The molecule has 8 nitrogen and oxygen atoms in total. The lowest BCUT2D eigenvalue weighted by atomic mass is 9.95. The second-order valence-electron chi connectivity index (χ2n) is 5.37. The lowest BCUT2D eigenvalue weighted by Crippen LogP contribution is -2.42. The van der Waals surface area contributed by atoms with E-state index in [2.05, 4.69) is 4.74 Å². The molecule has 9 heteroatoms. The van der Waals surface area contributed by atoms with Gasteiger partial charge in [-0.25, -0.2) is 0 Å². The molecule has 2 aromatic rings. The summed E-state index contributed by atoms with van der Waals surface area (Å²) >= 11 is 0. The Kier molecular flexibility index (Phi) is 6.29. The monoisotopic (exact) mass is 379 g/mol. The van der Waals surface area contributed by atoms with Gasteiger partial charge in [-0.05, 0) is 17.7 Å². The molecule has 0 bridgehead atoms. The average molecular weight is 379 g/mol. The molecule has 0 spiro atoms. The third-order valence-corrected chi connectivity index (χ3v) is 5.21. The van der Waals surface area contributed by atoms with Crippen LogP contribution in [0.15, 0.2) is 60.7 Å². The zero-order valence-electron chi connectivity index (χ0n) is 13.8. The molecule has 0 aromatic heterocycles. The van der Waals surface area contributed by atoms with E-state index in [1.54, 1.807) is 36.4 Å². The highest BCUT2D eigenvalue weighted by Gasteiger charge is 2.45. The molecule has 0 radical (unpaired) electrons. The zero-order chi connectivity index (χ0) is 19.2. The Morgan fingerprint density at radius 3 is 2.12 bits per heavy atom. The van der Waals surface area contributed by atoms with Crippen LogP contribution >= 0.6 is 0 Å². The predicted octanol–water partition coefficient (Wildman–Crippen LogP) is 2.00. The summed E-state index contributed by atoms with van der Waals surface area (Å²) in [6.45, 7) is -0.777. The summed E-state index contributed by atoms with van der Waals surface area (Å²) in [6, 6.07) is 15.5. The van der Waals surface area contributed by atoms with Crippen molar-refractivity contribution in [3.63, 3.8) is 0 Å². The van der Waals surface area contributed by atoms with E-state index in [4.69, 9.17) is 4.18 Å². The number of para-hydroxylation sites is 1. The van der Waals surface area contributed by atoms with Gasteiger partial charge in [0, 0.05) is 4.92 Å². The van der Waals surface area contributed by atoms with Crippen LogP contribution in [0, 0.1) is 10.1 Å². The van der Waals surface area contributed by atoms with Gasteiger partial charge >= 0.3 is 16.1 Å². The van der Waals surface area contributed by atoms with Crippen LogP contribution in [0.4, 0.5) is 0 Å². The van der Waals surface area contributed by atoms with Crippen molar-refractivity contribution < 1.29 is 27.1 Å². The molecule has 0 saturated heterocycles. The lowest BCUT2D eigenvalue weighted by Gasteiger charge is -2.22. The summed E-state index contributed by atoms with van der Waals surface area (Å²) in [4.78, 5) is 22.7. The van der Waals surface area contributed by atoms with Crippen molar-refractivity contribution in [1.29, 1.82) is 0 Å². The maximum absolute atomic E-state index is 12.8. The second kappa shape index (κ2) is 8.43. The summed E-state index contributed by atoms with van der Waals surface area (Å²) in [6.07, 6.45) is 0. The van der Waals surface area contributed by atoms with Crippen LogP contribution in [0.3, 0.4) is 0 Å². The van der Waals surface area contributed by atoms with E-state index in [-0.39, 0.29) is 5.75 Å². The van der Waals surface area contributed by atoms with Gasteiger partial charge in [0.25, 0.3) is 0 Å². The number of esters is 1. The van der Waals surface area contributed by atoms with Crippen molar-refractivity contribution in [3.05, 3.63) is 76.3 Å². The van der Waals surface area contributed by atoms with Crippen LogP contribution in [0.2, 0.25) is 0 Å². The summed E-state index contributed by atoms with van der Waals surface area (Å²) in [5.41, 5.74) is 0.319. The van der Waals surface area contributed by atoms with E-state index in [0.717, 1.165) is 7.11 Å². The number of ether oxygens (including phenoxy) is 1. The normalized spacial score (nSPS) is 13.4. The summed E-state index contributed by atoms with van der Waals surface area (Å²) in [5, 5.41) is 9.21. The first-order chi connectivity index (χ1) is 12.3. The Morgan fingerprint density at radius 1 is 1.08 bits per heavy atom. The van der Waals surface area contributed by atoms with Crippen LogP contribution in [0.25, 0.3) is 0 Å². The molecule has 0 saturated carbocycles. The van der Waals surface area contributed by atoms with Gasteiger partial charge in [0.2, 0.25) is 11.8 Å². The highest BCUT2D eigenvalue weighted by Crippen LogP contribution is 2.28. The molecular formula is C17H17NO7S. The fourth-order valence-electron chi connectivity index (χ4n) is 2.50. The topological polar surface area (TPSA) is 113 Å². The fourth-order valence-corrected chi connectivity index (χ4v) is 3.96. The first kappa shape index (κ1) is 19.4. The first-order valence-corrected chi connectivity index (χ1v) is 9.05. The molecule has 2 atom stereocenters. The van der Waals surface area contributed by atoms with Crippen LogP contribution < -0.4 is 4.18 Å². The number of carbonyl (C=O) groups excluding carboxylic acids is 1. The number of benzene rings is 2. The molecule has 2 rings (SSSR count). The standard InChI is InChI=1S/C17H17NO7S/c1-24-17(19)16(26(22,23)25-14-10-6-3-7-11-14)15(12-18(20)21)13-8-4-2-5-9-13/h2-11,15-16H,12H2,1H3. The number of nitro groups is 1. The third-order valence-electron chi connectivity index (χ3n) is 3.64. The smallest absolute Gasteiger partial charge is 0.328 e. The van der Waals surface area contributed by atoms with E-state index in [9.17, 15) is 23.3 Å². The van der Waals surface area contributed by atoms with Gasteiger partial charge in [-0.2, -0.15) is 8.42 Å². The number of methoxy groups -OCH3 is 1. The Bertz CT molecular complexity index is 853. The van der Waals surface area contributed by atoms with Crippen molar-refractivity contribution in [1.82, 2.24) is 0 Å². The molecule has 2 aromatic carbocycles. The van der Waals surface area contributed by atoms with Gasteiger partial charge in [0.1, 0.15) is 5.75 Å². The van der Waals surface area contributed by atoms with E-state index >= 15 is 0 Å². The fraction of sp³-hybridized carbons (Fsp3) is 0.235. The minimum atomic E-state index is -4.56. The van der Waals surface area contributed by atoms with Gasteiger partial charge < -0.3 is 8.92 Å². The Labute approximate surface area is 150 Å². The number of carbonyl (C=O) groups is 1. The molecule has 0 heterocycles. The lowest BCUT2D eigenvalue weighted by molar-refractivity contribution is -0.483. The minimum absolute atomic E-state index is 0.00526. The molecule has 0 aliphatic carbocycles. The SMILES string of the molecule is COC(=O)C(C(C[N+](=O)[O-])c1ccccc1)S(=O)(=O)Oc1ccccc1. The molecule has 0 fully saturated rings. The molecule has 0 N–H and O–H groups in total. The maximum atomic E-state index is 12.8. The molecule has 2 unspecified atom stereocenters. The molecular weight excluding hydrogens is 362 g/mol. The maximum Gasteiger partial charge on any atom is 0.328 e. The first-order valence-electron chi connectivity index (χ1n) is 7.58. The summed E-state index contributed by atoms with van der Waals surface area (Å²) in [7, 11) is -3.54. The quantitative estimate of drug-likeness (QED) is 0.298. The second-order valence-corrected chi connectivity index (χ2v) is 7.03. The minimum Gasteiger partial charge on any atom is -0.468 e. The van der Waals surface area contributed by atoms with Crippen LogP contribution in [-0.2, 0) is 19.6 Å². The molecule has 138 valence electrons. The Balaban J connectivity index is 2.49. The summed E-state index contributed by atoms with van der Waals surface area (Å²) in [5.74, 6) is -2.40. The molecule has 0 aliphatic rings. The Hall–Kier alpha value is -2.94. The largest absolute Gasteiger partial charge is 0.468 e. The van der Waals surface area contributed by atoms with Crippen molar-refractivity contribution >= 4 is 16.1 Å². The van der Waals surface area contributed by atoms with Crippen LogP contribution in [0.1, 0.15) is 11.5 Å². The molecule has 26 heavy (non-hydrogen) atoms. The van der Waals surface area contributed by atoms with E-state index in [1.165, 1.54) is 24.3 Å². The highest BCUT2D eigenvalue weighted by molar-refractivity contribution is 7.88. The van der Waals surface area contributed by atoms with E-state index in [1.807, 2.05) is 0 Å². The van der Waals surface area contributed by atoms with Gasteiger partial charge in [-0.1, -0.05) is 48.5 Å².